The molecule has 1 fully saturated rings. The topological polar surface area (TPSA) is 50.9 Å². The molecule has 0 spiro atoms. The fourth-order valence-corrected chi connectivity index (χ4v) is 4.24. The fourth-order valence-electron chi connectivity index (χ4n) is 4.24. The van der Waals surface area contributed by atoms with E-state index in [0.29, 0.717) is 17.5 Å². The molecular formula is C21H25F2N3. The molecule has 3 N–H and O–H groups in total. The lowest BCUT2D eigenvalue weighted by Gasteiger charge is -2.20. The van der Waals surface area contributed by atoms with E-state index < -0.39 is 11.6 Å². The molecule has 2 atom stereocenters. The van der Waals surface area contributed by atoms with E-state index in [0.717, 1.165) is 30.6 Å². The molecule has 2 aliphatic rings. The van der Waals surface area contributed by atoms with Crippen molar-refractivity contribution in [2.24, 2.45) is 5.92 Å². The highest BCUT2D eigenvalue weighted by atomic mass is 19.1. The Kier molecular flexibility index (Phi) is 4.43. The number of likely N-dealkylation sites (N-methyl/N-ethyl adjacent to an activating group) is 1. The van der Waals surface area contributed by atoms with E-state index in [4.69, 9.17) is 10.7 Å². The quantitative estimate of drug-likeness (QED) is 0.781. The van der Waals surface area contributed by atoms with Gasteiger partial charge in [0.05, 0.1) is 16.9 Å². The zero-order valence-electron chi connectivity index (χ0n) is 15.3. The summed E-state index contributed by atoms with van der Waals surface area (Å²) < 4.78 is 29.3. The van der Waals surface area contributed by atoms with Crippen LogP contribution in [0.25, 0.3) is 11.3 Å². The molecule has 2 unspecified atom stereocenters. The zero-order chi connectivity index (χ0) is 18.4. The average molecular weight is 357 g/mol. The summed E-state index contributed by atoms with van der Waals surface area (Å²) in [5, 5.41) is 3.25. The Labute approximate surface area is 153 Å². The van der Waals surface area contributed by atoms with Gasteiger partial charge in [0.15, 0.2) is 5.82 Å². The SMILES string of the molecule is CNCC(c1cc2c(c(-c3c(F)ccc(N)c3F)n1)CCC2C)C1CC1. The summed E-state index contributed by atoms with van der Waals surface area (Å²) in [6.45, 7) is 3.00. The van der Waals surface area contributed by atoms with Crippen molar-refractivity contribution < 1.29 is 8.78 Å². The predicted octanol–water partition coefficient (Wildman–Crippen LogP) is 4.37. The van der Waals surface area contributed by atoms with Gasteiger partial charge in [0.25, 0.3) is 0 Å². The number of fused-ring (bicyclic) bond motifs is 1. The number of benzene rings is 1. The van der Waals surface area contributed by atoms with Gasteiger partial charge in [-0.15, -0.1) is 0 Å². The molecule has 5 heteroatoms. The summed E-state index contributed by atoms with van der Waals surface area (Å²) >= 11 is 0. The third-order valence-electron chi connectivity index (χ3n) is 5.89. The number of nitrogens with zero attached hydrogens (tertiary/aromatic N) is 1. The highest BCUT2D eigenvalue weighted by Crippen LogP contribution is 2.46. The maximum atomic E-state index is 14.7. The molecule has 0 aliphatic heterocycles. The molecule has 1 aromatic heterocycles. The minimum absolute atomic E-state index is 0.0395. The first kappa shape index (κ1) is 17.4. The van der Waals surface area contributed by atoms with Crippen molar-refractivity contribution in [1.82, 2.24) is 10.3 Å². The number of nitrogens with one attached hydrogen (secondary N) is 1. The van der Waals surface area contributed by atoms with Gasteiger partial charge in [-0.1, -0.05) is 6.92 Å². The summed E-state index contributed by atoms with van der Waals surface area (Å²) in [5.74, 6) is -0.0306. The van der Waals surface area contributed by atoms with Crippen LogP contribution in [0.15, 0.2) is 18.2 Å². The molecule has 4 rings (SSSR count). The van der Waals surface area contributed by atoms with E-state index in [9.17, 15) is 8.78 Å². The van der Waals surface area contributed by atoms with Crippen LogP contribution in [-0.2, 0) is 6.42 Å². The lowest BCUT2D eigenvalue weighted by molar-refractivity contribution is 0.552. The van der Waals surface area contributed by atoms with Gasteiger partial charge in [0, 0.05) is 18.2 Å². The van der Waals surface area contributed by atoms with Crippen molar-refractivity contribution in [2.75, 3.05) is 19.3 Å². The molecule has 0 saturated heterocycles. The Morgan fingerprint density at radius 3 is 2.73 bits per heavy atom. The van der Waals surface area contributed by atoms with Crippen LogP contribution < -0.4 is 11.1 Å². The Balaban J connectivity index is 1.92. The number of nitrogens with two attached hydrogens (primary N) is 1. The van der Waals surface area contributed by atoms with Gasteiger partial charge in [-0.05, 0) is 73.9 Å². The van der Waals surface area contributed by atoms with E-state index in [1.54, 1.807) is 0 Å². The van der Waals surface area contributed by atoms with E-state index in [-0.39, 0.29) is 17.2 Å². The van der Waals surface area contributed by atoms with Gasteiger partial charge in [0.2, 0.25) is 0 Å². The normalized spacial score (nSPS) is 20.2. The van der Waals surface area contributed by atoms with Gasteiger partial charge >= 0.3 is 0 Å². The second kappa shape index (κ2) is 6.62. The Bertz CT molecular complexity index is 846. The van der Waals surface area contributed by atoms with Crippen LogP contribution in [0.4, 0.5) is 14.5 Å². The van der Waals surface area contributed by atoms with Crippen molar-refractivity contribution in [3.63, 3.8) is 0 Å². The van der Waals surface area contributed by atoms with Gasteiger partial charge < -0.3 is 11.1 Å². The average Bonchev–Trinajstić information content (AvgIpc) is 3.40. The molecule has 1 heterocycles. The fraction of sp³-hybridized carbons (Fsp3) is 0.476. The second-order valence-electron chi connectivity index (χ2n) is 7.73. The molecule has 138 valence electrons. The van der Waals surface area contributed by atoms with E-state index in [1.165, 1.54) is 30.5 Å². The zero-order valence-corrected chi connectivity index (χ0v) is 15.3. The van der Waals surface area contributed by atoms with Crippen LogP contribution in [0.3, 0.4) is 0 Å². The summed E-state index contributed by atoms with van der Waals surface area (Å²) in [4.78, 5) is 4.82. The minimum Gasteiger partial charge on any atom is -0.396 e. The van der Waals surface area contributed by atoms with E-state index >= 15 is 0 Å². The third-order valence-corrected chi connectivity index (χ3v) is 5.89. The second-order valence-corrected chi connectivity index (χ2v) is 7.73. The van der Waals surface area contributed by atoms with Crippen molar-refractivity contribution in [3.8, 4) is 11.3 Å². The van der Waals surface area contributed by atoms with Crippen molar-refractivity contribution >= 4 is 5.69 Å². The van der Waals surface area contributed by atoms with Gasteiger partial charge in [-0.25, -0.2) is 8.78 Å². The maximum Gasteiger partial charge on any atom is 0.158 e. The molecule has 3 nitrogen and oxygen atoms in total. The highest BCUT2D eigenvalue weighted by molar-refractivity contribution is 5.71. The maximum absolute atomic E-state index is 14.7. The van der Waals surface area contributed by atoms with Crippen LogP contribution in [0.5, 0.6) is 0 Å². The van der Waals surface area contributed by atoms with Crippen LogP contribution in [0.2, 0.25) is 0 Å². The van der Waals surface area contributed by atoms with Crippen molar-refractivity contribution in [1.29, 1.82) is 0 Å². The summed E-state index contributed by atoms with van der Waals surface area (Å²) in [7, 11) is 1.93. The Morgan fingerprint density at radius 2 is 2.04 bits per heavy atom. The standard InChI is InChI=1S/C21H25F2N3/c1-11-3-6-13-14(11)9-18(15(10-25-2)12-4-5-12)26-21(13)19-16(22)7-8-17(24)20(19)23/h7-9,11-12,15,25H,3-6,10,24H2,1-2H3. The minimum atomic E-state index is -0.701. The number of rotatable bonds is 5. The molecule has 0 radical (unpaired) electrons. The number of pyridine rings is 1. The van der Waals surface area contributed by atoms with E-state index in [1.807, 2.05) is 7.05 Å². The van der Waals surface area contributed by atoms with Crippen LogP contribution in [-0.4, -0.2) is 18.6 Å². The molecule has 2 aliphatic carbocycles. The van der Waals surface area contributed by atoms with Gasteiger partial charge in [-0.2, -0.15) is 0 Å². The summed E-state index contributed by atoms with van der Waals surface area (Å²) in [6, 6.07) is 4.69. The number of hydrogen-bond acceptors (Lipinski definition) is 3. The summed E-state index contributed by atoms with van der Waals surface area (Å²) in [6.07, 6.45) is 4.17. The lowest BCUT2D eigenvalue weighted by Crippen LogP contribution is -2.20. The largest absolute Gasteiger partial charge is 0.396 e. The van der Waals surface area contributed by atoms with Gasteiger partial charge in [0.1, 0.15) is 5.82 Å². The first-order chi connectivity index (χ1) is 12.5. The van der Waals surface area contributed by atoms with Crippen LogP contribution in [0, 0.1) is 17.6 Å². The van der Waals surface area contributed by atoms with Crippen LogP contribution in [0.1, 0.15) is 54.8 Å². The molecule has 1 saturated carbocycles. The molecule has 0 amide bonds. The number of hydrogen-bond donors (Lipinski definition) is 2. The Morgan fingerprint density at radius 1 is 1.27 bits per heavy atom. The highest BCUT2D eigenvalue weighted by Gasteiger charge is 2.35. The van der Waals surface area contributed by atoms with Gasteiger partial charge in [-0.3, -0.25) is 4.98 Å². The molecule has 0 bridgehead atoms. The van der Waals surface area contributed by atoms with Crippen molar-refractivity contribution in [2.45, 2.75) is 44.4 Å². The predicted molar refractivity (Wildman–Crippen MR) is 100 cm³/mol. The Hall–Kier alpha value is -2.01. The molecule has 2 aromatic rings. The molecule has 1 aromatic carbocycles. The van der Waals surface area contributed by atoms with Crippen LogP contribution >= 0.6 is 0 Å². The monoisotopic (exact) mass is 357 g/mol. The number of halogens is 2. The lowest BCUT2D eigenvalue weighted by atomic mass is 9.92. The number of anilines is 1. The molecule has 26 heavy (non-hydrogen) atoms. The summed E-state index contributed by atoms with van der Waals surface area (Å²) in [5.41, 5.74) is 9.17. The van der Waals surface area contributed by atoms with Crippen molar-refractivity contribution in [3.05, 3.63) is 46.7 Å². The number of aromatic nitrogens is 1. The third kappa shape index (κ3) is 2.88. The first-order valence-corrected chi connectivity index (χ1v) is 9.43. The van der Waals surface area contributed by atoms with E-state index in [2.05, 4.69) is 18.3 Å². The first-order valence-electron chi connectivity index (χ1n) is 9.43. The molecular weight excluding hydrogens is 332 g/mol. The smallest absolute Gasteiger partial charge is 0.158 e. The number of nitrogen functional groups attached to an aromatic ring is 1.